The van der Waals surface area contributed by atoms with Crippen LogP contribution in [0.15, 0.2) is 66.0 Å². The Labute approximate surface area is 214 Å². The Kier molecular flexibility index (Phi) is 8.56. The molecule has 2 N–H and O–H groups in total. The van der Waals surface area contributed by atoms with Gasteiger partial charge in [-0.1, -0.05) is 36.4 Å². The molecule has 0 spiro atoms. The van der Waals surface area contributed by atoms with E-state index < -0.39 is 11.8 Å². The number of benzene rings is 2. The van der Waals surface area contributed by atoms with Gasteiger partial charge in [-0.3, -0.25) is 14.5 Å². The molecule has 2 atom stereocenters. The molecule has 1 saturated heterocycles. The van der Waals surface area contributed by atoms with Crippen molar-refractivity contribution in [3.05, 3.63) is 82.3 Å². The van der Waals surface area contributed by atoms with Gasteiger partial charge in [-0.15, -0.1) is 11.3 Å². The first-order chi connectivity index (χ1) is 17.5. The summed E-state index contributed by atoms with van der Waals surface area (Å²) in [4.78, 5) is 30.7. The lowest BCUT2D eigenvalue weighted by atomic mass is 10.0. The van der Waals surface area contributed by atoms with E-state index in [1.165, 1.54) is 6.07 Å². The van der Waals surface area contributed by atoms with Gasteiger partial charge in [-0.25, -0.2) is 4.39 Å². The molecule has 36 heavy (non-hydrogen) atoms. The van der Waals surface area contributed by atoms with Crippen LogP contribution >= 0.6 is 11.3 Å². The Morgan fingerprint density at radius 2 is 1.72 bits per heavy atom. The van der Waals surface area contributed by atoms with Gasteiger partial charge in [0.1, 0.15) is 11.6 Å². The van der Waals surface area contributed by atoms with E-state index in [9.17, 15) is 14.0 Å². The Hall–Kier alpha value is -3.43. The number of nitrogens with one attached hydrogen (secondary N) is 2. The topological polar surface area (TPSA) is 73.9 Å². The normalized spacial score (nSPS) is 15.7. The summed E-state index contributed by atoms with van der Waals surface area (Å²) in [5, 5.41) is 7.57. The average Bonchev–Trinajstić information content (AvgIpc) is 3.42. The van der Waals surface area contributed by atoms with Crippen molar-refractivity contribution < 1.29 is 18.7 Å². The summed E-state index contributed by atoms with van der Waals surface area (Å²) in [6.45, 7) is 4.86. The van der Waals surface area contributed by atoms with Gasteiger partial charge in [-0.2, -0.15) is 0 Å². The first-order valence-electron chi connectivity index (χ1n) is 12.0. The number of hydrogen-bond donors (Lipinski definition) is 2. The van der Waals surface area contributed by atoms with Crippen molar-refractivity contribution in [3.63, 3.8) is 0 Å². The summed E-state index contributed by atoms with van der Waals surface area (Å²) < 4.78 is 19.6. The highest BCUT2D eigenvalue weighted by Gasteiger charge is 2.32. The molecule has 0 aliphatic carbocycles. The van der Waals surface area contributed by atoms with Crippen LogP contribution in [0.3, 0.4) is 0 Å². The van der Waals surface area contributed by atoms with Crippen LogP contribution < -0.4 is 20.3 Å². The second kappa shape index (κ2) is 12.0. The zero-order valence-corrected chi connectivity index (χ0v) is 21.3. The summed E-state index contributed by atoms with van der Waals surface area (Å²) >= 11 is 1.62. The molecule has 1 aliphatic rings. The van der Waals surface area contributed by atoms with E-state index in [4.69, 9.17) is 4.74 Å². The number of carbonyl (C=O) groups is 2. The zero-order valence-electron chi connectivity index (χ0n) is 20.4. The van der Waals surface area contributed by atoms with Crippen LogP contribution in [0.25, 0.3) is 0 Å². The summed E-state index contributed by atoms with van der Waals surface area (Å²) in [7, 11) is 1.57. The molecule has 9 heteroatoms. The van der Waals surface area contributed by atoms with E-state index in [-0.39, 0.29) is 24.4 Å². The number of thiophene rings is 1. The molecule has 0 unspecified atom stereocenters. The van der Waals surface area contributed by atoms with E-state index in [1.807, 2.05) is 53.6 Å². The van der Waals surface area contributed by atoms with Gasteiger partial charge in [0.2, 0.25) is 0 Å². The van der Waals surface area contributed by atoms with Crippen LogP contribution in [0.4, 0.5) is 10.1 Å². The number of methoxy groups -OCH3 is 1. The van der Waals surface area contributed by atoms with Gasteiger partial charge in [0, 0.05) is 49.2 Å². The lowest BCUT2D eigenvalue weighted by Crippen LogP contribution is -2.53. The van der Waals surface area contributed by atoms with Gasteiger partial charge >= 0.3 is 11.8 Å². The highest BCUT2D eigenvalue weighted by Crippen LogP contribution is 2.30. The van der Waals surface area contributed by atoms with Crippen LogP contribution in [0.1, 0.15) is 23.4 Å². The molecule has 1 aliphatic heterocycles. The van der Waals surface area contributed by atoms with Crippen LogP contribution in [-0.4, -0.2) is 56.0 Å². The fourth-order valence-electron chi connectivity index (χ4n) is 4.61. The minimum Gasteiger partial charge on any atom is -0.496 e. The number of piperazine rings is 1. The fourth-order valence-corrected chi connectivity index (χ4v) is 5.57. The number of anilines is 1. The van der Waals surface area contributed by atoms with Gasteiger partial charge < -0.3 is 20.3 Å². The molecule has 4 rings (SSSR count). The van der Waals surface area contributed by atoms with E-state index in [0.29, 0.717) is 37.6 Å². The zero-order chi connectivity index (χ0) is 25.5. The van der Waals surface area contributed by atoms with Crippen molar-refractivity contribution in [2.75, 3.05) is 38.2 Å². The van der Waals surface area contributed by atoms with E-state index in [2.05, 4.69) is 15.5 Å². The Balaban J connectivity index is 1.38. The van der Waals surface area contributed by atoms with Crippen molar-refractivity contribution in [2.45, 2.75) is 25.6 Å². The fraction of sp³-hybridized carbons (Fsp3) is 0.333. The third-order valence-corrected chi connectivity index (χ3v) is 7.35. The first kappa shape index (κ1) is 25.7. The molecule has 1 fully saturated rings. The second-order valence-electron chi connectivity index (χ2n) is 8.69. The Morgan fingerprint density at radius 3 is 2.42 bits per heavy atom. The highest BCUT2D eigenvalue weighted by molar-refractivity contribution is 7.10. The Bertz CT molecular complexity index is 1170. The lowest BCUT2D eigenvalue weighted by molar-refractivity contribution is -0.140. The van der Waals surface area contributed by atoms with E-state index in [1.54, 1.807) is 36.6 Å². The molecule has 7 nitrogen and oxygen atoms in total. The predicted molar refractivity (Wildman–Crippen MR) is 140 cm³/mol. The quantitative estimate of drug-likeness (QED) is 0.453. The minimum absolute atomic E-state index is 0.0984. The average molecular weight is 511 g/mol. The number of carbonyl (C=O) groups excluding carboxylic acids is 2. The first-order valence-corrected chi connectivity index (χ1v) is 12.8. The minimum atomic E-state index is -0.693. The van der Waals surface area contributed by atoms with Crippen molar-refractivity contribution in [3.8, 4) is 5.75 Å². The molecule has 0 radical (unpaired) electrons. The molecule has 2 heterocycles. The van der Waals surface area contributed by atoms with Crippen molar-refractivity contribution in [1.82, 2.24) is 15.5 Å². The highest BCUT2D eigenvalue weighted by atomic mass is 32.1. The third kappa shape index (κ3) is 6.03. The summed E-state index contributed by atoms with van der Waals surface area (Å²) in [6.07, 6.45) is 0. The molecule has 0 saturated carbocycles. The van der Waals surface area contributed by atoms with Crippen molar-refractivity contribution in [2.24, 2.45) is 0 Å². The van der Waals surface area contributed by atoms with Crippen molar-refractivity contribution >= 4 is 28.8 Å². The van der Waals surface area contributed by atoms with E-state index in [0.717, 1.165) is 10.4 Å². The second-order valence-corrected chi connectivity index (χ2v) is 9.67. The molecule has 2 amide bonds. The van der Waals surface area contributed by atoms with Gasteiger partial charge in [0.05, 0.1) is 18.8 Å². The van der Waals surface area contributed by atoms with Crippen molar-refractivity contribution in [1.29, 1.82) is 0 Å². The molecule has 2 aromatic carbocycles. The number of ether oxygens (including phenoxy) is 1. The third-order valence-electron chi connectivity index (χ3n) is 6.41. The predicted octanol–water partition coefficient (Wildman–Crippen LogP) is 3.58. The van der Waals surface area contributed by atoms with Gasteiger partial charge in [0.25, 0.3) is 0 Å². The largest absolute Gasteiger partial charge is 0.496 e. The molecular formula is C27H31FN4O3S. The number of amides is 2. The van der Waals surface area contributed by atoms with Crippen LogP contribution in [0.5, 0.6) is 5.75 Å². The smallest absolute Gasteiger partial charge is 0.309 e. The van der Waals surface area contributed by atoms with E-state index >= 15 is 0 Å². The number of rotatable bonds is 8. The number of halogens is 1. The monoisotopic (exact) mass is 510 g/mol. The van der Waals surface area contributed by atoms with Crippen LogP contribution in [0, 0.1) is 5.82 Å². The maximum Gasteiger partial charge on any atom is 0.309 e. The molecular weight excluding hydrogens is 479 g/mol. The number of hydrogen-bond acceptors (Lipinski definition) is 6. The molecule has 1 aromatic heterocycles. The number of para-hydroxylation sites is 2. The lowest BCUT2D eigenvalue weighted by Gasteiger charge is -2.42. The summed E-state index contributed by atoms with van der Waals surface area (Å²) in [6, 6.07) is 17.8. The number of nitrogens with zero attached hydrogens (tertiary/aromatic N) is 2. The molecule has 0 bridgehead atoms. The standard InChI is InChI=1S/C27H31FN4O3S/c1-19(30-27(34)26(33)29-18-20-8-3-6-11-23(20)35-2)25(24-12-7-17-36-24)32-15-13-31(14-16-32)22-10-5-4-9-21(22)28/h3-12,17,19,25H,13-16,18H2,1-2H3,(H,29,33)(H,30,34)/t19-,25-/m0/s1. The maximum absolute atomic E-state index is 14.3. The van der Waals surface area contributed by atoms with Gasteiger partial charge in [0.15, 0.2) is 0 Å². The van der Waals surface area contributed by atoms with Gasteiger partial charge in [-0.05, 0) is 36.6 Å². The SMILES string of the molecule is COc1ccccc1CNC(=O)C(=O)N[C@@H](C)[C@@H](c1cccs1)N1CCN(c2ccccc2F)CC1. The summed E-state index contributed by atoms with van der Waals surface area (Å²) in [5.41, 5.74) is 1.40. The van der Waals surface area contributed by atoms with Crippen LogP contribution in [-0.2, 0) is 16.1 Å². The molecule has 190 valence electrons. The molecule has 3 aromatic rings. The van der Waals surface area contributed by atoms with Crippen LogP contribution in [0.2, 0.25) is 0 Å². The maximum atomic E-state index is 14.3. The summed E-state index contributed by atoms with van der Waals surface area (Å²) in [5.74, 6) is -0.939. The Morgan fingerprint density at radius 1 is 1.00 bits per heavy atom.